The van der Waals surface area contributed by atoms with Crippen molar-refractivity contribution in [1.29, 1.82) is 0 Å². The zero-order chi connectivity index (χ0) is 14.8. The van der Waals surface area contributed by atoms with Crippen molar-refractivity contribution in [1.82, 2.24) is 5.32 Å². The van der Waals surface area contributed by atoms with E-state index in [-0.39, 0.29) is 21.8 Å². The molecule has 0 aliphatic heterocycles. The van der Waals surface area contributed by atoms with Crippen LogP contribution < -0.4 is 5.32 Å². The fraction of sp³-hybridized carbons (Fsp3) is 0.417. The molecular weight excluding hydrogens is 354 g/mol. The number of amides is 1. The van der Waals surface area contributed by atoms with E-state index in [0.717, 1.165) is 0 Å². The molecule has 1 N–H and O–H groups in total. The molecule has 0 aromatic heterocycles. The zero-order valence-corrected chi connectivity index (χ0v) is 14.0. The summed E-state index contributed by atoms with van der Waals surface area (Å²) in [4.78, 5) is 11.9. The van der Waals surface area contributed by atoms with Gasteiger partial charge in [0.2, 0.25) is 0 Å². The van der Waals surface area contributed by atoms with Gasteiger partial charge in [0.1, 0.15) is 0 Å². The number of rotatable bonds is 3. The monoisotopic (exact) mass is 367 g/mol. The summed E-state index contributed by atoms with van der Waals surface area (Å²) in [6, 6.07) is 4.08. The van der Waals surface area contributed by atoms with Crippen molar-refractivity contribution in [3.05, 3.63) is 28.2 Å². The van der Waals surface area contributed by atoms with E-state index < -0.39 is 9.05 Å². The Labute approximate surface area is 126 Å². The molecule has 0 saturated carbocycles. The topological polar surface area (TPSA) is 63.2 Å². The molecular formula is C12H15BrClNO3S. The largest absolute Gasteiger partial charge is 0.351 e. The Kier molecular flexibility index (Phi) is 5.03. The molecule has 0 bridgehead atoms. The van der Waals surface area contributed by atoms with Crippen molar-refractivity contribution in [3.8, 4) is 0 Å². The van der Waals surface area contributed by atoms with E-state index in [9.17, 15) is 13.2 Å². The predicted octanol–water partition coefficient (Wildman–Crippen LogP) is 3.15. The summed E-state index contributed by atoms with van der Waals surface area (Å²) in [5, 5.41) is 2.75. The maximum atomic E-state index is 12.0. The highest BCUT2D eigenvalue weighted by molar-refractivity contribution is 9.10. The Morgan fingerprint density at radius 3 is 2.42 bits per heavy atom. The average Bonchev–Trinajstić information content (AvgIpc) is 2.24. The van der Waals surface area contributed by atoms with Gasteiger partial charge >= 0.3 is 0 Å². The molecule has 0 spiro atoms. The van der Waals surface area contributed by atoms with Crippen molar-refractivity contribution < 1.29 is 13.2 Å². The lowest BCUT2D eigenvalue weighted by Crippen LogP contribution is -2.32. The maximum Gasteiger partial charge on any atom is 0.261 e. The minimum absolute atomic E-state index is 0.0572. The third-order valence-corrected chi connectivity index (χ3v) is 4.29. The van der Waals surface area contributed by atoms with Crippen LogP contribution in [0.2, 0.25) is 0 Å². The summed E-state index contributed by atoms with van der Waals surface area (Å²) < 4.78 is 23.0. The van der Waals surface area contributed by atoms with Gasteiger partial charge in [-0.3, -0.25) is 4.79 Å². The van der Waals surface area contributed by atoms with Crippen molar-refractivity contribution in [3.63, 3.8) is 0 Å². The van der Waals surface area contributed by atoms with E-state index in [4.69, 9.17) is 10.7 Å². The van der Waals surface area contributed by atoms with Gasteiger partial charge in [-0.05, 0) is 39.5 Å². The first-order chi connectivity index (χ1) is 8.50. The zero-order valence-electron chi connectivity index (χ0n) is 10.8. The summed E-state index contributed by atoms with van der Waals surface area (Å²) in [5.74, 6) is -0.344. The van der Waals surface area contributed by atoms with E-state index in [0.29, 0.717) is 11.0 Å². The normalized spacial score (nSPS) is 12.3. The highest BCUT2D eigenvalue weighted by atomic mass is 79.9. The smallest absolute Gasteiger partial charge is 0.261 e. The van der Waals surface area contributed by atoms with Crippen LogP contribution >= 0.6 is 26.6 Å². The van der Waals surface area contributed by atoms with Gasteiger partial charge < -0.3 is 5.32 Å². The first-order valence-corrected chi connectivity index (χ1v) is 8.63. The summed E-state index contributed by atoms with van der Waals surface area (Å²) in [6.45, 7) is 6.45. The Morgan fingerprint density at radius 1 is 1.37 bits per heavy atom. The Bertz CT molecular complexity index is 593. The molecule has 106 valence electrons. The predicted molar refractivity (Wildman–Crippen MR) is 79.0 cm³/mol. The number of benzene rings is 1. The number of halogens is 2. The van der Waals surface area contributed by atoms with Gasteiger partial charge in [-0.15, -0.1) is 0 Å². The molecule has 0 unspecified atom stereocenters. The molecule has 0 heterocycles. The lowest BCUT2D eigenvalue weighted by atomic mass is 9.97. The SMILES string of the molecule is CC(C)(C)CNC(=O)c1cc(S(=O)(=O)Cl)ccc1Br. The molecule has 1 aromatic rings. The standard InChI is InChI=1S/C12H15BrClNO3S/c1-12(2,3)7-15-11(16)9-6-8(19(14,17)18)4-5-10(9)13/h4-6H,7H2,1-3H3,(H,15,16). The number of carbonyl (C=O) groups is 1. The average molecular weight is 369 g/mol. The summed E-state index contributed by atoms with van der Waals surface area (Å²) >= 11 is 3.22. The van der Waals surface area contributed by atoms with Crippen molar-refractivity contribution in [2.75, 3.05) is 6.54 Å². The molecule has 0 atom stereocenters. The van der Waals surface area contributed by atoms with Crippen molar-refractivity contribution in [2.24, 2.45) is 5.41 Å². The fourth-order valence-corrected chi connectivity index (χ4v) is 2.47. The van der Waals surface area contributed by atoms with E-state index >= 15 is 0 Å². The van der Waals surface area contributed by atoms with E-state index in [1.165, 1.54) is 18.2 Å². The molecule has 7 heteroatoms. The number of nitrogens with one attached hydrogen (secondary N) is 1. The Balaban J connectivity index is 3.03. The first-order valence-electron chi connectivity index (χ1n) is 5.53. The molecule has 0 fully saturated rings. The maximum absolute atomic E-state index is 12.0. The molecule has 1 aromatic carbocycles. The number of carbonyl (C=O) groups excluding carboxylic acids is 1. The summed E-state index contributed by atoms with van der Waals surface area (Å²) in [6.07, 6.45) is 0. The van der Waals surface area contributed by atoms with Crippen LogP contribution in [0.4, 0.5) is 0 Å². The Morgan fingerprint density at radius 2 is 1.95 bits per heavy atom. The molecule has 4 nitrogen and oxygen atoms in total. The number of hydrogen-bond donors (Lipinski definition) is 1. The third kappa shape index (κ3) is 5.12. The first kappa shape index (κ1) is 16.5. The van der Waals surface area contributed by atoms with E-state index in [2.05, 4.69) is 21.2 Å². The van der Waals surface area contributed by atoms with Crippen LogP contribution in [0, 0.1) is 5.41 Å². The minimum atomic E-state index is -3.85. The molecule has 19 heavy (non-hydrogen) atoms. The third-order valence-electron chi connectivity index (χ3n) is 2.24. The molecule has 1 rings (SSSR count). The second-order valence-electron chi connectivity index (χ2n) is 5.32. The lowest BCUT2D eigenvalue weighted by molar-refractivity contribution is 0.0938. The van der Waals surface area contributed by atoms with Gasteiger partial charge in [-0.1, -0.05) is 20.8 Å². The van der Waals surface area contributed by atoms with Gasteiger partial charge in [-0.2, -0.15) is 0 Å². The van der Waals surface area contributed by atoms with Crippen molar-refractivity contribution >= 4 is 41.6 Å². The summed E-state index contributed by atoms with van der Waals surface area (Å²) in [5.41, 5.74) is 0.184. The molecule has 0 saturated heterocycles. The van der Waals surface area contributed by atoms with Gasteiger partial charge in [0, 0.05) is 21.7 Å². The molecule has 0 aliphatic rings. The van der Waals surface area contributed by atoms with Gasteiger partial charge in [-0.25, -0.2) is 8.42 Å². The quantitative estimate of drug-likeness (QED) is 0.834. The lowest BCUT2D eigenvalue weighted by Gasteiger charge is -2.19. The summed E-state index contributed by atoms with van der Waals surface area (Å²) in [7, 11) is 1.41. The van der Waals surface area contributed by atoms with Crippen LogP contribution in [0.1, 0.15) is 31.1 Å². The van der Waals surface area contributed by atoms with Crippen LogP contribution in [0.25, 0.3) is 0 Å². The molecule has 0 radical (unpaired) electrons. The second kappa shape index (κ2) is 5.81. The Hall–Kier alpha value is -0.590. The minimum Gasteiger partial charge on any atom is -0.351 e. The van der Waals surface area contributed by atoms with Gasteiger partial charge in [0.25, 0.3) is 15.0 Å². The van der Waals surface area contributed by atoms with E-state index in [1.807, 2.05) is 20.8 Å². The molecule has 1 amide bonds. The second-order valence-corrected chi connectivity index (χ2v) is 8.74. The van der Waals surface area contributed by atoms with Crippen molar-refractivity contribution in [2.45, 2.75) is 25.7 Å². The van der Waals surface area contributed by atoms with Gasteiger partial charge in [0.15, 0.2) is 0 Å². The van der Waals surface area contributed by atoms with Gasteiger partial charge in [0.05, 0.1) is 10.5 Å². The fourth-order valence-electron chi connectivity index (χ4n) is 1.27. The highest BCUT2D eigenvalue weighted by Crippen LogP contribution is 2.23. The van der Waals surface area contributed by atoms with Crippen LogP contribution in [0.5, 0.6) is 0 Å². The van der Waals surface area contributed by atoms with Crippen LogP contribution in [-0.4, -0.2) is 20.9 Å². The van der Waals surface area contributed by atoms with Crippen LogP contribution in [0.15, 0.2) is 27.6 Å². The van der Waals surface area contributed by atoms with Crippen LogP contribution in [0.3, 0.4) is 0 Å². The number of hydrogen-bond acceptors (Lipinski definition) is 3. The van der Waals surface area contributed by atoms with E-state index in [1.54, 1.807) is 0 Å². The highest BCUT2D eigenvalue weighted by Gasteiger charge is 2.18. The molecule has 0 aliphatic carbocycles. The van der Waals surface area contributed by atoms with Crippen LogP contribution in [-0.2, 0) is 9.05 Å².